The smallest absolute Gasteiger partial charge is 0.145 e. The van der Waals surface area contributed by atoms with E-state index in [2.05, 4.69) is 13.8 Å². The molecule has 0 amide bonds. The fourth-order valence-electron chi connectivity index (χ4n) is 8.92. The average molecular weight is 457 g/mol. The molecule has 0 N–H and O–H groups in total. The highest BCUT2D eigenvalue weighted by atomic mass is 16.1. The van der Waals surface area contributed by atoms with Crippen LogP contribution in [0, 0.1) is 34.5 Å². The second-order valence-electron chi connectivity index (χ2n) is 13.3. The molecule has 0 bridgehead atoms. The fraction of sp³-hybridized carbons (Fsp3) is 0.969. The Balaban J connectivity index is 1.14. The zero-order valence-corrected chi connectivity index (χ0v) is 22.5. The van der Waals surface area contributed by atoms with Crippen LogP contribution in [0.2, 0.25) is 0 Å². The highest BCUT2D eigenvalue weighted by Crippen LogP contribution is 2.64. The van der Waals surface area contributed by atoms with Crippen LogP contribution in [-0.4, -0.2) is 5.78 Å². The van der Waals surface area contributed by atoms with E-state index >= 15 is 0 Å². The summed E-state index contributed by atoms with van der Waals surface area (Å²) in [6.45, 7) is 4.62. The maximum absolute atomic E-state index is 13.6. The third-order valence-electron chi connectivity index (χ3n) is 11.2. The van der Waals surface area contributed by atoms with Crippen LogP contribution in [0.1, 0.15) is 162 Å². The Morgan fingerprint density at radius 1 is 0.576 bits per heavy atom. The van der Waals surface area contributed by atoms with E-state index in [4.69, 9.17) is 0 Å². The van der Waals surface area contributed by atoms with E-state index in [0.717, 1.165) is 29.5 Å². The Morgan fingerprint density at radius 3 is 1.52 bits per heavy atom. The summed E-state index contributed by atoms with van der Waals surface area (Å²) in [5, 5.41) is 0. The number of carbonyl (C=O) groups excluding carboxylic acids is 1. The van der Waals surface area contributed by atoms with Crippen LogP contribution in [0.3, 0.4) is 0 Å². The van der Waals surface area contributed by atoms with E-state index < -0.39 is 0 Å². The molecule has 4 aliphatic carbocycles. The number of hydrogen-bond acceptors (Lipinski definition) is 1. The summed E-state index contributed by atoms with van der Waals surface area (Å²) in [4.78, 5) is 13.6. The van der Waals surface area contributed by atoms with Crippen molar-refractivity contribution < 1.29 is 4.79 Å². The normalized spacial score (nSPS) is 39.2. The van der Waals surface area contributed by atoms with Gasteiger partial charge in [0, 0.05) is 10.8 Å². The minimum Gasteiger partial charge on any atom is -0.298 e. The third-order valence-corrected chi connectivity index (χ3v) is 11.2. The minimum absolute atomic E-state index is 0.140. The van der Waals surface area contributed by atoms with E-state index in [0.29, 0.717) is 0 Å². The zero-order valence-electron chi connectivity index (χ0n) is 22.5. The summed E-state index contributed by atoms with van der Waals surface area (Å²) in [5.74, 6) is 4.63. The van der Waals surface area contributed by atoms with Gasteiger partial charge in [0.1, 0.15) is 5.78 Å². The summed E-state index contributed by atoms with van der Waals surface area (Å²) in [5.41, 5.74) is 0.281. The second kappa shape index (κ2) is 12.1. The molecular formula is C32H56O. The number of unbranched alkanes of at least 4 members (excludes halogenated alkanes) is 6. The molecule has 4 rings (SSSR count). The molecule has 4 saturated carbocycles. The molecule has 2 spiro atoms. The molecule has 1 nitrogen and oxygen atoms in total. The molecule has 1 heteroatoms. The van der Waals surface area contributed by atoms with Gasteiger partial charge in [0.05, 0.1) is 0 Å². The van der Waals surface area contributed by atoms with Crippen LogP contribution in [-0.2, 0) is 4.79 Å². The molecule has 0 saturated heterocycles. The first-order chi connectivity index (χ1) is 16.1. The average Bonchev–Trinajstić information content (AvgIpc) is 2.86. The molecule has 0 unspecified atom stereocenters. The minimum atomic E-state index is 0.140. The Kier molecular flexibility index (Phi) is 9.42. The SMILES string of the molecule is CCCCCCC1CCC([C@H]2CC[C@]3(CC2)C[C@@]2(CCC(CCCCCC)CC2)C3=O)CC1. The Morgan fingerprint density at radius 2 is 1.03 bits per heavy atom. The maximum atomic E-state index is 13.6. The van der Waals surface area contributed by atoms with Gasteiger partial charge in [0.15, 0.2) is 0 Å². The summed E-state index contributed by atoms with van der Waals surface area (Å²) >= 11 is 0. The van der Waals surface area contributed by atoms with Crippen molar-refractivity contribution >= 4 is 5.78 Å². The molecule has 33 heavy (non-hydrogen) atoms. The van der Waals surface area contributed by atoms with Gasteiger partial charge in [-0.1, -0.05) is 90.9 Å². The van der Waals surface area contributed by atoms with Gasteiger partial charge in [-0.3, -0.25) is 4.79 Å². The predicted octanol–water partition coefficient (Wildman–Crippen LogP) is 10.1. The van der Waals surface area contributed by atoms with Gasteiger partial charge in [-0.05, 0) is 94.3 Å². The van der Waals surface area contributed by atoms with Gasteiger partial charge >= 0.3 is 0 Å². The summed E-state index contributed by atoms with van der Waals surface area (Å²) in [7, 11) is 0. The predicted molar refractivity (Wildman–Crippen MR) is 141 cm³/mol. The first-order valence-corrected chi connectivity index (χ1v) is 15.7. The van der Waals surface area contributed by atoms with Crippen LogP contribution in [0.15, 0.2) is 0 Å². The van der Waals surface area contributed by atoms with Crippen molar-refractivity contribution in [2.45, 2.75) is 162 Å². The summed E-state index contributed by atoms with van der Waals surface area (Å²) < 4.78 is 0. The molecule has 0 heterocycles. The summed E-state index contributed by atoms with van der Waals surface area (Å²) in [6.07, 6.45) is 31.9. The topological polar surface area (TPSA) is 17.1 Å². The van der Waals surface area contributed by atoms with Gasteiger partial charge < -0.3 is 0 Å². The molecule has 0 aromatic carbocycles. The van der Waals surface area contributed by atoms with Crippen LogP contribution in [0.4, 0.5) is 0 Å². The maximum Gasteiger partial charge on any atom is 0.145 e. The highest BCUT2D eigenvalue weighted by molar-refractivity contribution is 5.96. The van der Waals surface area contributed by atoms with E-state index in [1.807, 2.05) is 0 Å². The zero-order chi connectivity index (χ0) is 23.2. The Hall–Kier alpha value is -0.330. The molecule has 190 valence electrons. The number of hydrogen-bond donors (Lipinski definition) is 0. The molecule has 0 aromatic rings. The fourth-order valence-corrected chi connectivity index (χ4v) is 8.92. The van der Waals surface area contributed by atoms with Gasteiger partial charge in [-0.15, -0.1) is 0 Å². The molecule has 0 radical (unpaired) electrons. The monoisotopic (exact) mass is 456 g/mol. The van der Waals surface area contributed by atoms with E-state index in [1.54, 1.807) is 0 Å². The van der Waals surface area contributed by atoms with E-state index in [9.17, 15) is 4.79 Å². The highest BCUT2D eigenvalue weighted by Gasteiger charge is 2.63. The number of Topliss-reactive ketones (excluding diaryl/α,β-unsaturated/α-hetero) is 1. The van der Waals surface area contributed by atoms with Gasteiger partial charge in [-0.2, -0.15) is 0 Å². The van der Waals surface area contributed by atoms with Crippen molar-refractivity contribution in [3.8, 4) is 0 Å². The van der Waals surface area contributed by atoms with E-state index in [1.165, 1.54) is 148 Å². The number of ketones is 1. The van der Waals surface area contributed by atoms with Crippen molar-refractivity contribution in [2.24, 2.45) is 34.5 Å². The lowest BCUT2D eigenvalue weighted by Gasteiger charge is -2.59. The Labute approximate surface area is 206 Å². The largest absolute Gasteiger partial charge is 0.298 e. The van der Waals surface area contributed by atoms with Crippen LogP contribution < -0.4 is 0 Å². The Bertz CT molecular complexity index is 582. The molecule has 4 fully saturated rings. The molecule has 0 aliphatic heterocycles. The van der Waals surface area contributed by atoms with E-state index in [-0.39, 0.29) is 10.8 Å². The van der Waals surface area contributed by atoms with Crippen LogP contribution in [0.25, 0.3) is 0 Å². The van der Waals surface area contributed by atoms with Crippen molar-refractivity contribution in [2.75, 3.05) is 0 Å². The molecule has 0 aromatic heterocycles. The number of carbonyl (C=O) groups is 1. The lowest BCUT2D eigenvalue weighted by Crippen LogP contribution is -2.59. The van der Waals surface area contributed by atoms with Gasteiger partial charge in [-0.25, -0.2) is 0 Å². The lowest BCUT2D eigenvalue weighted by atomic mass is 9.42. The number of rotatable bonds is 11. The standard InChI is InChI=1S/C32H56O/c1-3-5-7-9-11-26-13-15-28(16-14-26)29-19-23-32(24-20-29)25-31(30(32)33)21-17-27(18-22-31)12-10-8-6-4-2/h26-29H,3-25H2,1-2H3/t26?,27?,28?,29-,31-,32-. The van der Waals surface area contributed by atoms with Crippen molar-refractivity contribution in [3.63, 3.8) is 0 Å². The second-order valence-corrected chi connectivity index (χ2v) is 13.3. The first kappa shape index (κ1) is 25.8. The van der Waals surface area contributed by atoms with Gasteiger partial charge in [0.2, 0.25) is 0 Å². The quantitative estimate of drug-likeness (QED) is 0.283. The van der Waals surface area contributed by atoms with Crippen LogP contribution >= 0.6 is 0 Å². The lowest BCUT2D eigenvalue weighted by molar-refractivity contribution is -0.169. The molecule has 0 atom stereocenters. The molecule has 4 aliphatic rings. The summed E-state index contributed by atoms with van der Waals surface area (Å²) in [6, 6.07) is 0. The molecular weight excluding hydrogens is 400 g/mol. The van der Waals surface area contributed by atoms with Crippen molar-refractivity contribution in [3.05, 3.63) is 0 Å². The van der Waals surface area contributed by atoms with Crippen molar-refractivity contribution in [1.29, 1.82) is 0 Å². The third kappa shape index (κ3) is 6.09. The van der Waals surface area contributed by atoms with Crippen molar-refractivity contribution in [1.82, 2.24) is 0 Å². The van der Waals surface area contributed by atoms with Crippen LogP contribution in [0.5, 0.6) is 0 Å². The first-order valence-electron chi connectivity index (χ1n) is 15.7. The van der Waals surface area contributed by atoms with Gasteiger partial charge in [0.25, 0.3) is 0 Å².